The minimum atomic E-state index is -4.25. The summed E-state index contributed by atoms with van der Waals surface area (Å²) in [7, 11) is -4.25. The predicted octanol–water partition coefficient (Wildman–Crippen LogP) is 11.0. The van der Waals surface area contributed by atoms with Crippen LogP contribution in [-0.4, -0.2) is 8.42 Å². The molecule has 4 aromatic rings. The Kier molecular flexibility index (Phi) is 9.09. The summed E-state index contributed by atoms with van der Waals surface area (Å²) in [4.78, 5) is 0. The van der Waals surface area contributed by atoms with E-state index < -0.39 is 55.7 Å². The Morgan fingerprint density at radius 1 is 0.553 bits per heavy atom. The molecule has 0 fully saturated rings. The predicted molar refractivity (Wildman–Crippen MR) is 183 cm³/mol. The second-order valence-corrected chi connectivity index (χ2v) is 14.6. The number of halogens is 6. The van der Waals surface area contributed by atoms with E-state index in [9.17, 15) is 8.42 Å². The lowest BCUT2D eigenvalue weighted by molar-refractivity contribution is 0.570. The minimum Gasteiger partial charge on any atom is -0.228 e. The molecule has 2 aliphatic carbocycles. The van der Waals surface area contributed by atoms with Gasteiger partial charge in [0.25, 0.3) is 0 Å². The van der Waals surface area contributed by atoms with Crippen molar-refractivity contribution >= 4 is 55.3 Å². The fourth-order valence-electron chi connectivity index (χ4n) is 6.05. The van der Waals surface area contributed by atoms with Crippen molar-refractivity contribution in [1.82, 2.24) is 0 Å². The van der Waals surface area contributed by atoms with Gasteiger partial charge in [0, 0.05) is 32.3 Å². The maximum Gasteiger partial charge on any atom is 0.158 e. The first kappa shape index (κ1) is 33.0. The van der Waals surface area contributed by atoms with Crippen molar-refractivity contribution in [3.8, 4) is 0 Å². The van der Waals surface area contributed by atoms with Crippen molar-refractivity contribution in [2.24, 2.45) is 0 Å². The number of sulfone groups is 1. The average molecular weight is 696 g/mol. The van der Waals surface area contributed by atoms with Crippen LogP contribution in [0.25, 0.3) is 22.3 Å². The van der Waals surface area contributed by atoms with E-state index in [1.807, 2.05) is 38.1 Å². The van der Waals surface area contributed by atoms with Crippen LogP contribution >= 0.6 is 23.2 Å². The van der Waals surface area contributed by atoms with Crippen LogP contribution in [0.5, 0.6) is 0 Å². The fourth-order valence-corrected chi connectivity index (χ4v) is 7.77. The first-order valence-corrected chi connectivity index (χ1v) is 17.4. The van der Waals surface area contributed by atoms with Crippen LogP contribution in [0.4, 0.5) is 17.6 Å². The van der Waals surface area contributed by atoms with Gasteiger partial charge in [-0.3, -0.25) is 0 Å². The quantitative estimate of drug-likeness (QED) is 0.172. The van der Waals surface area contributed by atoms with Crippen LogP contribution in [0.1, 0.15) is 57.3 Å². The molecule has 0 unspecified atom stereocenters. The SMILES string of the molecule is Cc1cc(C2=CCC=C2c2cc(F)c(CS(=O)(=O)Cc3cc(F)c(C4=CCC=C4c4ccc(Cl)c(C)c4)cc3F)cc2F)ccc1Cl. The lowest BCUT2D eigenvalue weighted by atomic mass is 9.93. The molecule has 47 heavy (non-hydrogen) atoms. The molecule has 6 rings (SSSR count). The second kappa shape index (κ2) is 12.9. The van der Waals surface area contributed by atoms with E-state index in [0.29, 0.717) is 45.2 Å². The van der Waals surface area contributed by atoms with Crippen molar-refractivity contribution < 1.29 is 26.0 Å². The number of benzene rings is 4. The summed E-state index contributed by atoms with van der Waals surface area (Å²) in [6.45, 7) is 3.69. The van der Waals surface area contributed by atoms with Crippen molar-refractivity contribution in [3.05, 3.63) is 163 Å². The van der Waals surface area contributed by atoms with Gasteiger partial charge in [0.05, 0.1) is 11.5 Å². The number of hydrogen-bond donors (Lipinski definition) is 0. The van der Waals surface area contributed by atoms with Crippen molar-refractivity contribution in [2.75, 3.05) is 0 Å². The molecule has 0 aromatic heterocycles. The Balaban J connectivity index is 1.22. The number of aryl methyl sites for hydroxylation is 2. The molecule has 4 aromatic carbocycles. The molecule has 0 heterocycles. The highest BCUT2D eigenvalue weighted by atomic mass is 35.5. The van der Waals surface area contributed by atoms with Gasteiger partial charge in [0.15, 0.2) is 9.84 Å². The molecule has 0 saturated carbocycles. The first-order chi connectivity index (χ1) is 22.3. The molecule has 0 saturated heterocycles. The van der Waals surface area contributed by atoms with Crippen LogP contribution < -0.4 is 0 Å². The van der Waals surface area contributed by atoms with Gasteiger partial charge in [0.2, 0.25) is 0 Å². The monoisotopic (exact) mass is 694 g/mol. The molecule has 0 atom stereocenters. The Hall–Kier alpha value is -3.91. The fraction of sp³-hybridized carbons (Fsp3) is 0.158. The third kappa shape index (κ3) is 6.75. The third-order valence-corrected chi connectivity index (χ3v) is 10.8. The van der Waals surface area contributed by atoms with Crippen molar-refractivity contribution in [3.63, 3.8) is 0 Å². The van der Waals surface area contributed by atoms with Gasteiger partial charge < -0.3 is 0 Å². The third-order valence-electron chi connectivity index (χ3n) is 8.41. The average Bonchev–Trinajstić information content (AvgIpc) is 3.70. The summed E-state index contributed by atoms with van der Waals surface area (Å²) in [5.41, 5.74) is 4.82. The van der Waals surface area contributed by atoms with Gasteiger partial charge in [-0.1, -0.05) is 59.6 Å². The largest absolute Gasteiger partial charge is 0.228 e. The molecule has 0 aliphatic heterocycles. The Bertz CT molecular complexity index is 2050. The van der Waals surface area contributed by atoms with E-state index >= 15 is 17.6 Å². The molecule has 0 radical (unpaired) electrons. The van der Waals surface area contributed by atoms with Crippen molar-refractivity contribution in [2.45, 2.75) is 38.2 Å². The van der Waals surface area contributed by atoms with Crippen molar-refractivity contribution in [1.29, 1.82) is 0 Å². The lowest BCUT2D eigenvalue weighted by Crippen LogP contribution is -2.12. The zero-order valence-corrected chi connectivity index (χ0v) is 27.7. The maximum absolute atomic E-state index is 15.4. The molecular weight excluding hydrogens is 667 g/mol. The first-order valence-electron chi connectivity index (χ1n) is 14.8. The number of allylic oxidation sites excluding steroid dienone is 8. The Morgan fingerprint density at radius 2 is 0.936 bits per heavy atom. The second-order valence-electron chi connectivity index (χ2n) is 11.7. The summed E-state index contributed by atoms with van der Waals surface area (Å²) in [5, 5.41) is 1.17. The van der Waals surface area contributed by atoms with E-state index in [-0.39, 0.29) is 11.1 Å². The van der Waals surface area contributed by atoms with E-state index in [4.69, 9.17) is 23.2 Å². The van der Waals surface area contributed by atoms with Gasteiger partial charge in [-0.15, -0.1) is 0 Å². The lowest BCUT2D eigenvalue weighted by Gasteiger charge is -2.15. The molecule has 2 aliphatic rings. The topological polar surface area (TPSA) is 34.1 Å². The van der Waals surface area contributed by atoms with E-state index in [1.54, 1.807) is 36.4 Å². The number of rotatable bonds is 8. The number of hydrogen-bond acceptors (Lipinski definition) is 2. The summed E-state index contributed by atoms with van der Waals surface area (Å²) in [6.07, 6.45) is 8.36. The van der Waals surface area contributed by atoms with Gasteiger partial charge in [-0.2, -0.15) is 0 Å². The van der Waals surface area contributed by atoms with E-state index in [2.05, 4.69) is 0 Å². The molecular formula is C38H28Cl2F4O2S. The summed E-state index contributed by atoms with van der Waals surface area (Å²) in [5.74, 6) is -5.23. The van der Waals surface area contributed by atoms with Crippen LogP contribution in [0.15, 0.2) is 85.0 Å². The molecule has 2 nitrogen and oxygen atoms in total. The maximum atomic E-state index is 15.4. The molecule has 9 heteroatoms. The molecule has 240 valence electrons. The smallest absolute Gasteiger partial charge is 0.158 e. The van der Waals surface area contributed by atoms with Crippen LogP contribution in [0.3, 0.4) is 0 Å². The standard InChI is InChI=1S/C38H28Cl2F4O2S/c1-21-13-23(9-11-33(21)39)27-5-3-7-29(27)31-17-35(41)25(15-37(31)43)19-47(45,46)20-26-16-38(44)32(18-36(26)42)30-8-4-6-28(30)24-10-12-34(40)22(2)14-24/h5-18H,3-4,19-20H2,1-2H3. The highest BCUT2D eigenvalue weighted by Crippen LogP contribution is 2.41. The normalized spacial score (nSPS) is 14.6. The Labute approximate surface area is 281 Å². The highest BCUT2D eigenvalue weighted by molar-refractivity contribution is 7.89. The molecule has 0 amide bonds. The van der Waals surface area contributed by atoms with Gasteiger partial charge >= 0.3 is 0 Å². The van der Waals surface area contributed by atoms with Crippen LogP contribution in [0, 0.1) is 37.1 Å². The minimum absolute atomic E-state index is 0.00731. The molecule has 0 bridgehead atoms. The van der Waals surface area contributed by atoms with Crippen LogP contribution in [-0.2, 0) is 21.3 Å². The van der Waals surface area contributed by atoms with E-state index in [1.165, 1.54) is 0 Å². The van der Waals surface area contributed by atoms with E-state index in [0.717, 1.165) is 46.5 Å². The zero-order chi connectivity index (χ0) is 33.6. The summed E-state index contributed by atoms with van der Waals surface area (Å²) in [6, 6.07) is 14.4. The van der Waals surface area contributed by atoms with Gasteiger partial charge in [0.1, 0.15) is 23.3 Å². The Morgan fingerprint density at radius 3 is 1.32 bits per heavy atom. The highest BCUT2D eigenvalue weighted by Gasteiger charge is 2.25. The summed E-state index contributed by atoms with van der Waals surface area (Å²) >= 11 is 12.3. The summed E-state index contributed by atoms with van der Waals surface area (Å²) < 4.78 is 87.8. The van der Waals surface area contributed by atoms with Gasteiger partial charge in [-0.05, 0) is 120 Å². The van der Waals surface area contributed by atoms with Crippen LogP contribution in [0.2, 0.25) is 10.0 Å². The molecule has 0 spiro atoms. The van der Waals surface area contributed by atoms with Gasteiger partial charge in [-0.25, -0.2) is 26.0 Å². The zero-order valence-electron chi connectivity index (χ0n) is 25.4. The molecule has 0 N–H and O–H groups in total.